The van der Waals surface area contributed by atoms with Crippen molar-refractivity contribution in [1.82, 2.24) is 10.2 Å². The molecular formula is C6H8N2O. The average Bonchev–Trinajstić information content (AvgIpc) is 2.64. The molecule has 1 aliphatic carbocycles. The zero-order valence-electron chi connectivity index (χ0n) is 5.22. The van der Waals surface area contributed by atoms with Crippen LogP contribution in [0.15, 0.2) is 0 Å². The van der Waals surface area contributed by atoms with E-state index in [4.69, 9.17) is 0 Å². The number of nitrogens with zero attached hydrogens (tertiary/aromatic N) is 1. The van der Waals surface area contributed by atoms with E-state index in [-0.39, 0.29) is 11.6 Å². The largest absolute Gasteiger partial charge is 0.328 e. The highest BCUT2D eigenvalue weighted by Crippen LogP contribution is 2.66. The Balaban J connectivity index is 2.01. The van der Waals surface area contributed by atoms with Crippen molar-refractivity contribution in [2.75, 3.05) is 0 Å². The van der Waals surface area contributed by atoms with Crippen LogP contribution in [0.4, 0.5) is 4.79 Å². The number of amides is 2. The lowest BCUT2D eigenvalue weighted by Crippen LogP contribution is -2.31. The van der Waals surface area contributed by atoms with E-state index in [1.807, 2.05) is 4.90 Å². The van der Waals surface area contributed by atoms with Gasteiger partial charge in [0.1, 0.15) is 0 Å². The zero-order chi connectivity index (χ0) is 6.22. The second kappa shape index (κ2) is 0.770. The second-order valence-electron chi connectivity index (χ2n) is 3.12. The van der Waals surface area contributed by atoms with Gasteiger partial charge in [-0.15, -0.1) is 0 Å². The third-order valence-corrected chi connectivity index (χ3v) is 2.91. The Labute approximate surface area is 53.0 Å². The van der Waals surface area contributed by atoms with E-state index in [2.05, 4.69) is 12.2 Å². The van der Waals surface area contributed by atoms with E-state index in [0.717, 1.165) is 6.42 Å². The van der Waals surface area contributed by atoms with Gasteiger partial charge in [0.25, 0.3) is 0 Å². The Morgan fingerprint density at radius 1 is 1.78 bits per heavy atom. The fourth-order valence-corrected chi connectivity index (χ4v) is 2.22. The molecule has 1 N–H and O–H groups in total. The first-order valence-corrected chi connectivity index (χ1v) is 3.42. The summed E-state index contributed by atoms with van der Waals surface area (Å²) in [7, 11) is 0. The SMILES string of the molecule is CCC12NC(=O)N3C1C32. The molecule has 0 spiro atoms. The lowest BCUT2D eigenvalue weighted by molar-refractivity contribution is 0.237. The van der Waals surface area contributed by atoms with Gasteiger partial charge in [0.05, 0.1) is 17.6 Å². The lowest BCUT2D eigenvalue weighted by Gasteiger charge is -2.09. The van der Waals surface area contributed by atoms with Gasteiger partial charge in [0.15, 0.2) is 0 Å². The number of hydrogen-bond donors (Lipinski definition) is 1. The first-order valence-electron chi connectivity index (χ1n) is 3.42. The molecule has 2 atom stereocenters. The van der Waals surface area contributed by atoms with Gasteiger partial charge in [-0.3, -0.25) is 0 Å². The fourth-order valence-electron chi connectivity index (χ4n) is 2.22. The quantitative estimate of drug-likeness (QED) is 0.487. The van der Waals surface area contributed by atoms with Crippen LogP contribution >= 0.6 is 0 Å². The van der Waals surface area contributed by atoms with Crippen LogP contribution in [-0.2, 0) is 0 Å². The number of carbonyl (C=O) groups excluding carboxylic acids is 1. The van der Waals surface area contributed by atoms with E-state index in [0.29, 0.717) is 12.1 Å². The Morgan fingerprint density at radius 3 is 2.67 bits per heavy atom. The van der Waals surface area contributed by atoms with Crippen molar-refractivity contribution in [2.45, 2.75) is 31.0 Å². The van der Waals surface area contributed by atoms with Crippen molar-refractivity contribution in [3.05, 3.63) is 0 Å². The Morgan fingerprint density at radius 2 is 2.44 bits per heavy atom. The van der Waals surface area contributed by atoms with Gasteiger partial charge >= 0.3 is 6.03 Å². The maximum absolute atomic E-state index is 10.8. The van der Waals surface area contributed by atoms with Crippen LogP contribution in [0.3, 0.4) is 0 Å². The summed E-state index contributed by atoms with van der Waals surface area (Å²) in [4.78, 5) is 12.7. The van der Waals surface area contributed by atoms with Crippen LogP contribution in [0, 0.1) is 0 Å². The molecule has 4 aliphatic rings. The van der Waals surface area contributed by atoms with Crippen LogP contribution in [0.25, 0.3) is 0 Å². The molecule has 0 aromatic heterocycles. The molecule has 2 unspecified atom stereocenters. The molecular weight excluding hydrogens is 116 g/mol. The predicted molar refractivity (Wildman–Crippen MR) is 31.0 cm³/mol. The summed E-state index contributed by atoms with van der Waals surface area (Å²) >= 11 is 0. The van der Waals surface area contributed by atoms with Crippen LogP contribution in [0.5, 0.6) is 0 Å². The smallest absolute Gasteiger partial charge is 0.318 e. The second-order valence-corrected chi connectivity index (χ2v) is 3.12. The molecule has 0 radical (unpaired) electrons. The minimum atomic E-state index is 0.159. The van der Waals surface area contributed by atoms with Crippen molar-refractivity contribution in [1.29, 1.82) is 0 Å². The normalized spacial score (nSPS) is 57.0. The van der Waals surface area contributed by atoms with Crippen molar-refractivity contribution in [3.63, 3.8) is 0 Å². The first-order chi connectivity index (χ1) is 4.31. The number of urea groups is 1. The van der Waals surface area contributed by atoms with E-state index >= 15 is 0 Å². The maximum Gasteiger partial charge on any atom is 0.318 e. The molecule has 4 fully saturated rings. The summed E-state index contributed by atoms with van der Waals surface area (Å²) < 4.78 is 0. The number of fused-ring (bicyclic) bond motifs is 1. The minimum Gasteiger partial charge on any atom is -0.328 e. The molecule has 3 saturated heterocycles. The van der Waals surface area contributed by atoms with Crippen molar-refractivity contribution in [2.24, 2.45) is 0 Å². The summed E-state index contributed by atoms with van der Waals surface area (Å²) in [5.74, 6) is 0. The summed E-state index contributed by atoms with van der Waals surface area (Å²) in [5.41, 5.74) is 0.261. The monoisotopic (exact) mass is 124 g/mol. The van der Waals surface area contributed by atoms with Crippen molar-refractivity contribution < 1.29 is 4.79 Å². The summed E-state index contributed by atoms with van der Waals surface area (Å²) in [6, 6.07) is 1.37. The van der Waals surface area contributed by atoms with E-state index in [1.54, 1.807) is 0 Å². The molecule has 3 heterocycles. The van der Waals surface area contributed by atoms with Gasteiger partial charge in [-0.25, -0.2) is 4.79 Å². The lowest BCUT2D eigenvalue weighted by atomic mass is 10.1. The summed E-state index contributed by atoms with van der Waals surface area (Å²) in [5, 5.41) is 2.98. The van der Waals surface area contributed by atoms with Gasteiger partial charge in [-0.05, 0) is 6.42 Å². The van der Waals surface area contributed by atoms with Crippen LogP contribution in [-0.4, -0.2) is 28.6 Å². The third kappa shape index (κ3) is 0.206. The average molecular weight is 124 g/mol. The summed E-state index contributed by atoms with van der Waals surface area (Å²) in [6.45, 7) is 2.13. The molecule has 3 heteroatoms. The Hall–Kier alpha value is -0.730. The molecule has 0 aromatic rings. The number of carbonyl (C=O) groups is 1. The molecule has 3 nitrogen and oxygen atoms in total. The highest BCUT2D eigenvalue weighted by molar-refractivity contribution is 5.91. The molecule has 48 valence electrons. The highest BCUT2D eigenvalue weighted by Gasteiger charge is 2.90. The molecule has 9 heavy (non-hydrogen) atoms. The van der Waals surface area contributed by atoms with Gasteiger partial charge in [-0.1, -0.05) is 6.92 Å². The Kier molecular flexibility index (Phi) is 0.354. The molecule has 2 bridgehead atoms. The number of nitrogens with one attached hydrogen (secondary N) is 1. The van der Waals surface area contributed by atoms with E-state index in [1.165, 1.54) is 0 Å². The maximum atomic E-state index is 10.8. The van der Waals surface area contributed by atoms with E-state index in [9.17, 15) is 4.79 Å². The zero-order valence-corrected chi connectivity index (χ0v) is 5.22. The molecule has 3 aliphatic heterocycles. The summed E-state index contributed by atoms with van der Waals surface area (Å²) in [6.07, 6.45) is 1.10. The molecule has 0 aromatic carbocycles. The Bertz CT molecular complexity index is 203. The van der Waals surface area contributed by atoms with Crippen LogP contribution in [0.2, 0.25) is 0 Å². The molecule has 2 amide bonds. The number of hydrogen-bond acceptors (Lipinski definition) is 1. The molecule has 1 saturated carbocycles. The van der Waals surface area contributed by atoms with Gasteiger partial charge in [0.2, 0.25) is 0 Å². The minimum absolute atomic E-state index is 0.159. The topological polar surface area (TPSA) is 32.1 Å². The standard InChI is InChI=1S/C6H8N2O/c1-2-6-3-4(6)8(3)5(9)7-6/h3-4H,2H2,1H3,(H,7,9). The van der Waals surface area contributed by atoms with Gasteiger partial charge < -0.3 is 10.2 Å². The van der Waals surface area contributed by atoms with Crippen LogP contribution in [0.1, 0.15) is 13.3 Å². The third-order valence-electron chi connectivity index (χ3n) is 2.91. The van der Waals surface area contributed by atoms with E-state index < -0.39 is 0 Å². The fraction of sp³-hybridized carbons (Fsp3) is 0.833. The number of rotatable bonds is 1. The predicted octanol–water partition coefficient (Wildman–Crippen LogP) is -0.0752. The van der Waals surface area contributed by atoms with Gasteiger partial charge in [-0.2, -0.15) is 0 Å². The van der Waals surface area contributed by atoms with Crippen LogP contribution < -0.4 is 5.32 Å². The van der Waals surface area contributed by atoms with Gasteiger partial charge in [0, 0.05) is 0 Å². The van der Waals surface area contributed by atoms with Crippen molar-refractivity contribution in [3.8, 4) is 0 Å². The van der Waals surface area contributed by atoms with Crippen molar-refractivity contribution >= 4 is 6.03 Å². The first kappa shape index (κ1) is 4.14. The highest BCUT2D eigenvalue weighted by atomic mass is 16.2. The molecule has 4 rings (SSSR count).